The number of amides is 3. The molecular weight excluding hydrogens is 463 g/mol. The molecule has 9 nitrogen and oxygen atoms in total. The minimum Gasteiger partial charge on any atom is -0.447 e. The molecule has 3 aromatic rings. The second kappa shape index (κ2) is 12.1. The van der Waals surface area contributed by atoms with E-state index < -0.39 is 24.0 Å². The smallest absolute Gasteiger partial charge is 0.412 e. The number of carbonyl (C=O) groups is 2. The number of aromatic nitrogens is 2. The summed E-state index contributed by atoms with van der Waals surface area (Å²) in [6, 6.07) is 7.05. The van der Waals surface area contributed by atoms with Crippen LogP contribution in [0.2, 0.25) is 5.02 Å². The van der Waals surface area contributed by atoms with Crippen molar-refractivity contribution in [3.63, 3.8) is 0 Å². The first-order valence-corrected chi connectivity index (χ1v) is 11.0. The van der Waals surface area contributed by atoms with Gasteiger partial charge in [-0.25, -0.2) is 19.0 Å². The lowest BCUT2D eigenvalue weighted by molar-refractivity contribution is 0.113. The molecule has 0 bridgehead atoms. The van der Waals surface area contributed by atoms with Crippen LogP contribution >= 0.6 is 11.6 Å². The number of hydrogen-bond acceptors (Lipinski definition) is 6. The molecule has 34 heavy (non-hydrogen) atoms. The number of halogens is 2. The molecule has 0 aliphatic carbocycles. The SMILES string of the molecule is CN(C(=O)NCc1cccc(F)c1Cl)[C@@H](CCCN)COC(=O)Nc1cc2cnccc2cn1. The number of likely N-dealkylation sites (N-methyl/N-ethyl adjacent to an activating group) is 1. The molecule has 0 fully saturated rings. The van der Waals surface area contributed by atoms with E-state index in [1.165, 1.54) is 17.0 Å². The number of nitrogens with one attached hydrogen (secondary N) is 2. The van der Waals surface area contributed by atoms with Crippen LogP contribution in [0.3, 0.4) is 0 Å². The molecular formula is C23H26ClFN6O3. The first kappa shape index (κ1) is 25.1. The summed E-state index contributed by atoms with van der Waals surface area (Å²) in [5.74, 6) is -0.235. The maximum absolute atomic E-state index is 13.6. The standard InChI is InChI=1S/C23H26ClFN6O3/c1-31(22(32)29-13-16-4-2-6-19(25)21(16)24)18(5-3-8-26)14-34-23(33)30-20-10-17-11-27-9-7-15(17)12-28-20/h2,4,6-7,9-12,18H,3,5,8,13-14,26H2,1H3,(H,29,32)(H,28,30,33)/t18-/m0/s1. The molecule has 1 aromatic carbocycles. The van der Waals surface area contributed by atoms with Crippen LogP contribution in [0.5, 0.6) is 0 Å². The number of hydrogen-bond donors (Lipinski definition) is 3. The Morgan fingerprint density at radius 2 is 2.09 bits per heavy atom. The summed E-state index contributed by atoms with van der Waals surface area (Å²) in [6.45, 7) is 0.422. The van der Waals surface area contributed by atoms with Crippen molar-refractivity contribution in [2.45, 2.75) is 25.4 Å². The maximum Gasteiger partial charge on any atom is 0.412 e. The summed E-state index contributed by atoms with van der Waals surface area (Å²) < 4.78 is 19.0. The highest BCUT2D eigenvalue weighted by Gasteiger charge is 2.22. The van der Waals surface area contributed by atoms with E-state index in [0.29, 0.717) is 30.8 Å². The second-order valence-electron chi connectivity index (χ2n) is 7.58. The Morgan fingerprint density at radius 1 is 1.26 bits per heavy atom. The molecule has 0 unspecified atom stereocenters. The molecule has 2 aromatic heterocycles. The maximum atomic E-state index is 13.6. The molecule has 0 radical (unpaired) electrons. The van der Waals surface area contributed by atoms with E-state index in [0.717, 1.165) is 10.8 Å². The van der Waals surface area contributed by atoms with Crippen molar-refractivity contribution in [1.29, 1.82) is 0 Å². The zero-order valence-electron chi connectivity index (χ0n) is 18.6. The molecule has 3 rings (SSSR count). The molecule has 2 heterocycles. The topological polar surface area (TPSA) is 122 Å². The molecule has 1 atom stereocenters. The highest BCUT2D eigenvalue weighted by Crippen LogP contribution is 2.19. The number of benzene rings is 1. The van der Waals surface area contributed by atoms with Crippen LogP contribution in [0.25, 0.3) is 10.8 Å². The highest BCUT2D eigenvalue weighted by molar-refractivity contribution is 6.31. The Balaban J connectivity index is 1.56. The van der Waals surface area contributed by atoms with Crippen molar-refractivity contribution in [3.8, 4) is 0 Å². The van der Waals surface area contributed by atoms with E-state index in [1.54, 1.807) is 37.8 Å². The van der Waals surface area contributed by atoms with Crippen LogP contribution in [0.4, 0.5) is 19.8 Å². The van der Waals surface area contributed by atoms with Crippen LogP contribution < -0.4 is 16.4 Å². The number of nitrogens with zero attached hydrogens (tertiary/aromatic N) is 3. The lowest BCUT2D eigenvalue weighted by Crippen LogP contribution is -2.46. The van der Waals surface area contributed by atoms with Gasteiger partial charge in [-0.15, -0.1) is 0 Å². The van der Waals surface area contributed by atoms with E-state index >= 15 is 0 Å². The third kappa shape index (κ3) is 6.75. The molecule has 0 aliphatic rings. The minimum atomic E-state index is -0.700. The predicted molar refractivity (Wildman–Crippen MR) is 128 cm³/mol. The van der Waals surface area contributed by atoms with Crippen molar-refractivity contribution < 1.29 is 18.7 Å². The Hall–Kier alpha value is -3.50. The van der Waals surface area contributed by atoms with Gasteiger partial charge in [0.05, 0.1) is 11.1 Å². The highest BCUT2D eigenvalue weighted by atomic mass is 35.5. The molecule has 11 heteroatoms. The average molecular weight is 489 g/mol. The van der Waals surface area contributed by atoms with Gasteiger partial charge in [-0.1, -0.05) is 23.7 Å². The number of nitrogens with two attached hydrogens (primary N) is 1. The van der Waals surface area contributed by atoms with Crippen LogP contribution in [0.1, 0.15) is 18.4 Å². The van der Waals surface area contributed by atoms with Crippen molar-refractivity contribution >= 4 is 40.3 Å². The zero-order chi connectivity index (χ0) is 24.5. The van der Waals surface area contributed by atoms with Gasteiger partial charge in [0.2, 0.25) is 0 Å². The first-order chi connectivity index (χ1) is 16.4. The number of anilines is 1. The van der Waals surface area contributed by atoms with Crippen LogP contribution in [0, 0.1) is 5.82 Å². The summed E-state index contributed by atoms with van der Waals surface area (Å²) in [6.07, 6.45) is 5.40. The molecule has 0 aliphatic heterocycles. The summed E-state index contributed by atoms with van der Waals surface area (Å²) in [4.78, 5) is 34.6. The fourth-order valence-corrected chi connectivity index (χ4v) is 3.44. The lowest BCUT2D eigenvalue weighted by Gasteiger charge is -2.28. The number of pyridine rings is 2. The van der Waals surface area contributed by atoms with Gasteiger partial charge in [0.15, 0.2) is 0 Å². The monoisotopic (exact) mass is 488 g/mol. The molecule has 0 saturated carbocycles. The predicted octanol–water partition coefficient (Wildman–Crippen LogP) is 3.92. The van der Waals surface area contributed by atoms with E-state index in [1.807, 2.05) is 6.07 Å². The van der Waals surface area contributed by atoms with Crippen molar-refractivity contribution in [2.75, 3.05) is 25.5 Å². The summed E-state index contributed by atoms with van der Waals surface area (Å²) >= 11 is 5.94. The van der Waals surface area contributed by atoms with Gasteiger partial charge in [-0.05, 0) is 43.1 Å². The van der Waals surface area contributed by atoms with Gasteiger partial charge >= 0.3 is 12.1 Å². The van der Waals surface area contributed by atoms with E-state index in [9.17, 15) is 14.0 Å². The van der Waals surface area contributed by atoms with Crippen molar-refractivity contribution in [1.82, 2.24) is 20.2 Å². The largest absolute Gasteiger partial charge is 0.447 e. The van der Waals surface area contributed by atoms with Crippen LogP contribution in [0.15, 0.2) is 48.9 Å². The number of rotatable bonds is 9. The van der Waals surface area contributed by atoms with Gasteiger partial charge in [-0.3, -0.25) is 10.3 Å². The quantitative estimate of drug-likeness (QED) is 0.419. The summed E-state index contributed by atoms with van der Waals surface area (Å²) in [5, 5.41) is 6.95. The lowest BCUT2D eigenvalue weighted by atomic mass is 10.1. The third-order valence-electron chi connectivity index (χ3n) is 5.23. The van der Waals surface area contributed by atoms with Gasteiger partial charge < -0.3 is 20.7 Å². The zero-order valence-corrected chi connectivity index (χ0v) is 19.4. The Bertz CT molecular complexity index is 1150. The molecule has 0 saturated heterocycles. The van der Waals surface area contributed by atoms with Gasteiger partial charge in [-0.2, -0.15) is 0 Å². The summed E-state index contributed by atoms with van der Waals surface area (Å²) in [7, 11) is 1.59. The second-order valence-corrected chi connectivity index (χ2v) is 7.96. The van der Waals surface area contributed by atoms with Gasteiger partial charge in [0.25, 0.3) is 0 Å². The minimum absolute atomic E-state index is 0.0387. The molecule has 3 amide bonds. The Morgan fingerprint density at radius 3 is 2.88 bits per heavy atom. The van der Waals surface area contributed by atoms with E-state index in [-0.39, 0.29) is 18.2 Å². The molecule has 0 spiro atoms. The van der Waals surface area contributed by atoms with Gasteiger partial charge in [0, 0.05) is 43.0 Å². The fourth-order valence-electron chi connectivity index (χ4n) is 3.25. The van der Waals surface area contributed by atoms with Gasteiger partial charge in [0.1, 0.15) is 18.2 Å². The molecule has 180 valence electrons. The third-order valence-corrected chi connectivity index (χ3v) is 5.65. The normalized spacial score (nSPS) is 11.6. The number of carbonyl (C=O) groups excluding carboxylic acids is 2. The van der Waals surface area contributed by atoms with Crippen LogP contribution in [-0.2, 0) is 11.3 Å². The first-order valence-electron chi connectivity index (χ1n) is 10.7. The fraction of sp³-hybridized carbons (Fsp3) is 0.304. The van der Waals surface area contributed by atoms with Crippen LogP contribution in [-0.4, -0.2) is 53.2 Å². The Kier molecular flexibility index (Phi) is 8.94. The number of ether oxygens (including phenoxy) is 1. The van der Waals surface area contributed by atoms with Crippen molar-refractivity contribution in [2.24, 2.45) is 5.73 Å². The summed E-state index contributed by atoms with van der Waals surface area (Å²) in [5.41, 5.74) is 6.07. The van der Waals surface area contributed by atoms with E-state index in [2.05, 4.69) is 20.6 Å². The average Bonchev–Trinajstić information content (AvgIpc) is 2.84. The number of fused-ring (bicyclic) bond motifs is 1. The van der Waals surface area contributed by atoms with Crippen molar-refractivity contribution in [3.05, 3.63) is 65.3 Å². The Labute approximate surface area is 201 Å². The molecule has 4 N–H and O–H groups in total. The number of urea groups is 1. The van der Waals surface area contributed by atoms with E-state index in [4.69, 9.17) is 22.1 Å².